The molecule has 0 aliphatic carbocycles. The van der Waals surface area contributed by atoms with Gasteiger partial charge in [0.15, 0.2) is 0 Å². The van der Waals surface area contributed by atoms with Crippen LogP contribution in [-0.4, -0.2) is 9.97 Å². The summed E-state index contributed by atoms with van der Waals surface area (Å²) in [5.74, 6) is 0.537. The van der Waals surface area contributed by atoms with Gasteiger partial charge in [-0.3, -0.25) is 0 Å². The minimum absolute atomic E-state index is 0.0616. The molecule has 0 unspecified atom stereocenters. The lowest BCUT2D eigenvalue weighted by molar-refractivity contribution is 0.142. The van der Waals surface area contributed by atoms with Gasteiger partial charge in [0.05, 0.1) is 0 Å². The van der Waals surface area contributed by atoms with Gasteiger partial charge >= 0.3 is 0 Å². The summed E-state index contributed by atoms with van der Waals surface area (Å²) in [7, 11) is 0. The predicted molar refractivity (Wildman–Crippen MR) is 59.8 cm³/mol. The maximum atomic E-state index is 12.9. The maximum Gasteiger partial charge on any atom is 0.280 e. The number of halogens is 2. The predicted octanol–water partition coefficient (Wildman–Crippen LogP) is 3.84. The van der Waals surface area contributed by atoms with Gasteiger partial charge in [0.2, 0.25) is 0 Å². The molecule has 90 valence electrons. The number of aromatic nitrogens is 2. The molecule has 0 atom stereocenters. The van der Waals surface area contributed by atoms with E-state index in [1.165, 1.54) is 6.20 Å². The van der Waals surface area contributed by atoms with E-state index >= 15 is 0 Å². The fraction of sp³-hybridized carbons (Fsp3) is 0.667. The second kappa shape index (κ2) is 4.44. The van der Waals surface area contributed by atoms with Crippen molar-refractivity contribution in [2.75, 3.05) is 0 Å². The van der Waals surface area contributed by atoms with Gasteiger partial charge in [-0.15, -0.1) is 0 Å². The number of nitrogens with zero attached hydrogens (tertiary/aromatic N) is 2. The van der Waals surface area contributed by atoms with E-state index in [0.717, 1.165) is 0 Å². The second-order valence-corrected chi connectivity index (χ2v) is 5.23. The Morgan fingerprint density at radius 1 is 1.19 bits per heavy atom. The Morgan fingerprint density at radius 2 is 1.75 bits per heavy atom. The van der Waals surface area contributed by atoms with E-state index in [1.54, 1.807) is 0 Å². The SMILES string of the molecule is CC(C)c1ncc(C(C)(C)C)c(C(F)F)n1. The van der Waals surface area contributed by atoms with Gasteiger partial charge in [-0.1, -0.05) is 34.6 Å². The summed E-state index contributed by atoms with van der Waals surface area (Å²) >= 11 is 0. The fourth-order valence-corrected chi connectivity index (χ4v) is 1.43. The molecule has 1 aromatic heterocycles. The lowest BCUT2D eigenvalue weighted by Crippen LogP contribution is -2.18. The van der Waals surface area contributed by atoms with Crippen molar-refractivity contribution in [2.24, 2.45) is 0 Å². The summed E-state index contributed by atoms with van der Waals surface area (Å²) in [5.41, 5.74) is 0.0273. The van der Waals surface area contributed by atoms with Gasteiger partial charge in [0, 0.05) is 17.7 Å². The van der Waals surface area contributed by atoms with E-state index in [1.807, 2.05) is 34.6 Å². The first-order chi connectivity index (χ1) is 7.23. The van der Waals surface area contributed by atoms with Crippen molar-refractivity contribution in [3.05, 3.63) is 23.3 Å². The first kappa shape index (κ1) is 13.0. The zero-order chi connectivity index (χ0) is 12.5. The minimum Gasteiger partial charge on any atom is -0.241 e. The molecule has 16 heavy (non-hydrogen) atoms. The Morgan fingerprint density at radius 3 is 2.12 bits per heavy atom. The summed E-state index contributed by atoms with van der Waals surface area (Å²) in [6.07, 6.45) is -1.01. The molecule has 0 spiro atoms. The van der Waals surface area contributed by atoms with Crippen molar-refractivity contribution < 1.29 is 8.78 Å². The highest BCUT2D eigenvalue weighted by atomic mass is 19.3. The summed E-state index contributed by atoms with van der Waals surface area (Å²) < 4.78 is 25.8. The first-order valence-electron chi connectivity index (χ1n) is 5.39. The molecule has 0 N–H and O–H groups in total. The lowest BCUT2D eigenvalue weighted by Gasteiger charge is -2.22. The van der Waals surface area contributed by atoms with Crippen LogP contribution in [0.25, 0.3) is 0 Å². The van der Waals surface area contributed by atoms with Crippen LogP contribution in [0.15, 0.2) is 6.20 Å². The molecule has 0 saturated heterocycles. The number of rotatable bonds is 2. The van der Waals surface area contributed by atoms with Crippen LogP contribution >= 0.6 is 0 Å². The molecule has 0 radical (unpaired) electrons. The molecule has 1 rings (SSSR count). The summed E-state index contributed by atoms with van der Waals surface area (Å²) in [6.45, 7) is 9.43. The third kappa shape index (κ3) is 2.74. The fourth-order valence-electron chi connectivity index (χ4n) is 1.43. The summed E-state index contributed by atoms with van der Waals surface area (Å²) in [6, 6.07) is 0. The van der Waals surface area contributed by atoms with Crippen molar-refractivity contribution in [1.82, 2.24) is 9.97 Å². The van der Waals surface area contributed by atoms with E-state index in [4.69, 9.17) is 0 Å². The highest BCUT2D eigenvalue weighted by Crippen LogP contribution is 2.30. The third-order valence-electron chi connectivity index (χ3n) is 2.37. The van der Waals surface area contributed by atoms with E-state index in [9.17, 15) is 8.78 Å². The molecule has 0 bridgehead atoms. The number of hydrogen-bond acceptors (Lipinski definition) is 2. The zero-order valence-corrected chi connectivity index (χ0v) is 10.4. The van der Waals surface area contributed by atoms with Crippen LogP contribution in [-0.2, 0) is 5.41 Å². The molecule has 0 fully saturated rings. The topological polar surface area (TPSA) is 25.8 Å². The smallest absolute Gasteiger partial charge is 0.241 e. The summed E-state index contributed by atoms with van der Waals surface area (Å²) in [4.78, 5) is 8.12. The van der Waals surface area contributed by atoms with Crippen LogP contribution in [0.1, 0.15) is 64.0 Å². The van der Waals surface area contributed by atoms with Crippen molar-refractivity contribution in [1.29, 1.82) is 0 Å². The van der Waals surface area contributed by atoms with Crippen molar-refractivity contribution >= 4 is 0 Å². The summed E-state index contributed by atoms with van der Waals surface area (Å²) in [5, 5.41) is 0. The molecule has 1 aromatic rings. The van der Waals surface area contributed by atoms with Crippen LogP contribution in [0.5, 0.6) is 0 Å². The Bertz CT molecular complexity index is 368. The van der Waals surface area contributed by atoms with Gasteiger partial charge in [-0.25, -0.2) is 18.7 Å². The number of hydrogen-bond donors (Lipinski definition) is 0. The lowest BCUT2D eigenvalue weighted by atomic mass is 9.87. The van der Waals surface area contributed by atoms with Gasteiger partial charge in [-0.05, 0) is 5.41 Å². The van der Waals surface area contributed by atoms with E-state index in [-0.39, 0.29) is 17.0 Å². The van der Waals surface area contributed by atoms with Crippen LogP contribution < -0.4 is 0 Å². The van der Waals surface area contributed by atoms with Crippen molar-refractivity contribution in [3.8, 4) is 0 Å². The highest BCUT2D eigenvalue weighted by Gasteiger charge is 2.25. The molecule has 0 aromatic carbocycles. The molecular weight excluding hydrogens is 210 g/mol. The average Bonchev–Trinajstić information content (AvgIpc) is 2.15. The molecule has 0 amide bonds. The quantitative estimate of drug-likeness (QED) is 0.768. The monoisotopic (exact) mass is 228 g/mol. The van der Waals surface area contributed by atoms with Crippen LogP contribution in [0.3, 0.4) is 0 Å². The maximum absolute atomic E-state index is 12.9. The van der Waals surface area contributed by atoms with Crippen molar-refractivity contribution in [2.45, 2.75) is 52.4 Å². The van der Waals surface area contributed by atoms with E-state index in [0.29, 0.717) is 11.4 Å². The molecule has 0 aliphatic rings. The van der Waals surface area contributed by atoms with Crippen molar-refractivity contribution in [3.63, 3.8) is 0 Å². The Balaban J connectivity index is 3.31. The Kier molecular flexibility index (Phi) is 3.61. The van der Waals surface area contributed by atoms with E-state index in [2.05, 4.69) is 9.97 Å². The van der Waals surface area contributed by atoms with Gasteiger partial charge in [0.1, 0.15) is 11.5 Å². The van der Waals surface area contributed by atoms with Gasteiger partial charge in [-0.2, -0.15) is 0 Å². The average molecular weight is 228 g/mol. The first-order valence-corrected chi connectivity index (χ1v) is 5.39. The second-order valence-electron chi connectivity index (χ2n) is 5.23. The molecule has 0 saturated carbocycles. The van der Waals surface area contributed by atoms with E-state index < -0.39 is 6.43 Å². The zero-order valence-electron chi connectivity index (χ0n) is 10.4. The minimum atomic E-state index is -2.55. The van der Waals surface area contributed by atoms with Crippen LogP contribution in [0, 0.1) is 0 Å². The Labute approximate surface area is 95.1 Å². The Hall–Kier alpha value is -1.06. The largest absolute Gasteiger partial charge is 0.280 e. The molecule has 0 aliphatic heterocycles. The van der Waals surface area contributed by atoms with Gasteiger partial charge < -0.3 is 0 Å². The van der Waals surface area contributed by atoms with Crippen LogP contribution in [0.4, 0.5) is 8.78 Å². The van der Waals surface area contributed by atoms with Gasteiger partial charge in [0.25, 0.3) is 6.43 Å². The highest BCUT2D eigenvalue weighted by molar-refractivity contribution is 5.26. The third-order valence-corrected chi connectivity index (χ3v) is 2.37. The molecule has 2 nitrogen and oxygen atoms in total. The normalized spacial score (nSPS) is 12.6. The molecule has 1 heterocycles. The molecule has 4 heteroatoms. The van der Waals surface area contributed by atoms with Crippen LogP contribution in [0.2, 0.25) is 0 Å². The number of alkyl halides is 2. The standard InChI is InChI=1S/C12H18F2N2/c1-7(2)11-15-6-8(12(3,4)5)9(16-11)10(13)14/h6-7,10H,1-5H3. The molecular formula is C12H18F2N2.